The summed E-state index contributed by atoms with van der Waals surface area (Å²) in [4.78, 5) is 15.6. The van der Waals surface area contributed by atoms with Crippen LogP contribution >= 0.6 is 11.6 Å². The maximum absolute atomic E-state index is 14.3. The maximum atomic E-state index is 14.3. The van der Waals surface area contributed by atoms with E-state index in [4.69, 9.17) is 26.3 Å². The maximum Gasteiger partial charge on any atom is 0.229 e. The van der Waals surface area contributed by atoms with E-state index in [2.05, 4.69) is 10.3 Å². The van der Waals surface area contributed by atoms with Crippen LogP contribution in [0.2, 0.25) is 5.15 Å². The molecule has 2 aliphatic rings. The molecule has 4 heterocycles. The summed E-state index contributed by atoms with van der Waals surface area (Å²) < 4.78 is 62.8. The summed E-state index contributed by atoms with van der Waals surface area (Å²) in [6.07, 6.45) is 4.09. The van der Waals surface area contributed by atoms with Crippen LogP contribution in [0.25, 0.3) is 5.69 Å². The van der Waals surface area contributed by atoms with Gasteiger partial charge in [0, 0.05) is 36.6 Å². The van der Waals surface area contributed by atoms with Gasteiger partial charge in [-0.1, -0.05) is 23.7 Å². The van der Waals surface area contributed by atoms with Crippen molar-refractivity contribution in [3.8, 4) is 11.4 Å². The van der Waals surface area contributed by atoms with Crippen molar-refractivity contribution in [3.05, 3.63) is 82.8 Å². The minimum absolute atomic E-state index is 0.176. The molecule has 14 heteroatoms. The summed E-state index contributed by atoms with van der Waals surface area (Å²) in [5.74, 6) is 0.848. The molecule has 0 bridgehead atoms. The number of ether oxygens (including phenoxy) is 1. The molecule has 0 spiro atoms. The zero-order valence-electron chi connectivity index (χ0n) is 22.8. The fraction of sp³-hybridized carbons (Fsp3) is 0.321. The van der Waals surface area contributed by atoms with Crippen molar-refractivity contribution in [2.45, 2.75) is 25.1 Å². The summed E-state index contributed by atoms with van der Waals surface area (Å²) in [6.45, 7) is 0.827. The lowest BCUT2D eigenvalue weighted by atomic mass is 9.94. The van der Waals surface area contributed by atoms with E-state index in [0.717, 1.165) is 11.8 Å². The molecule has 220 valence electrons. The molecular formula is C28H28ClF2N7O3S. The molecular weight excluding hydrogens is 588 g/mol. The molecule has 1 fully saturated rings. The number of fused-ring (bicyclic) bond motifs is 1. The van der Waals surface area contributed by atoms with E-state index in [0.29, 0.717) is 58.7 Å². The highest BCUT2D eigenvalue weighted by Gasteiger charge is 2.39. The van der Waals surface area contributed by atoms with Crippen molar-refractivity contribution in [1.29, 1.82) is 0 Å². The van der Waals surface area contributed by atoms with E-state index < -0.39 is 28.1 Å². The van der Waals surface area contributed by atoms with Crippen LogP contribution in [0, 0.1) is 5.82 Å². The van der Waals surface area contributed by atoms with Gasteiger partial charge in [-0.3, -0.25) is 0 Å². The van der Waals surface area contributed by atoms with E-state index in [1.54, 1.807) is 42.4 Å². The number of alkyl halides is 1. The van der Waals surface area contributed by atoms with Gasteiger partial charge in [0.15, 0.2) is 0 Å². The zero-order valence-corrected chi connectivity index (χ0v) is 24.4. The molecule has 6 rings (SSSR count). The quantitative estimate of drug-likeness (QED) is 0.320. The number of rotatable bonds is 7. The number of anilines is 3. The van der Waals surface area contributed by atoms with Gasteiger partial charge < -0.3 is 19.5 Å². The van der Waals surface area contributed by atoms with Crippen LogP contribution in [0.1, 0.15) is 29.3 Å². The number of aromatic nitrogens is 4. The molecule has 2 aromatic carbocycles. The second-order valence-electron chi connectivity index (χ2n) is 10.3. The topological polar surface area (TPSA) is 105 Å². The second-order valence-corrected chi connectivity index (χ2v) is 12.6. The van der Waals surface area contributed by atoms with Crippen LogP contribution in [0.3, 0.4) is 0 Å². The molecule has 2 atom stereocenters. The number of nitrogens with zero attached hydrogens (tertiary/aromatic N) is 6. The molecule has 2 aromatic heterocycles. The zero-order chi connectivity index (χ0) is 29.6. The predicted molar refractivity (Wildman–Crippen MR) is 156 cm³/mol. The number of hydrogen-bond donors (Lipinski definition) is 1. The number of benzene rings is 2. The van der Waals surface area contributed by atoms with E-state index in [9.17, 15) is 17.2 Å². The normalized spacial score (nSPS) is 19.1. The standard InChI is InChI=1S/C28H28ClF2N7O3S/c1-41-23-13-20(7-8-22(23)37-15-24(29)32-16-37)33-28-34-25-21(27(35-28)36-11-9-19(31)14-36)10-12-38(42(2,39)40)26(25)17-3-5-18(30)6-4-17/h3-8,13,15-16,19,26H,9-12,14H2,1-2H3,(H,33,34,35). The Kier molecular flexibility index (Phi) is 7.50. The largest absolute Gasteiger partial charge is 0.494 e. The number of hydrogen-bond acceptors (Lipinski definition) is 8. The van der Waals surface area contributed by atoms with Gasteiger partial charge in [0.2, 0.25) is 16.0 Å². The first-order valence-corrected chi connectivity index (χ1v) is 15.5. The van der Waals surface area contributed by atoms with Crippen LogP contribution in [0.5, 0.6) is 5.75 Å². The molecule has 10 nitrogen and oxygen atoms in total. The SMILES string of the molecule is COc1cc(Nc2nc3c(c(N4CCC(F)C4)n2)CCN(S(C)(=O)=O)C3c2ccc(F)cc2)ccc1-n1cnc(Cl)c1. The van der Waals surface area contributed by atoms with Crippen LogP contribution in [-0.2, 0) is 16.4 Å². The van der Waals surface area contributed by atoms with Crippen molar-refractivity contribution < 1.29 is 21.9 Å². The van der Waals surface area contributed by atoms with Gasteiger partial charge in [-0.25, -0.2) is 27.2 Å². The average molecular weight is 616 g/mol. The summed E-state index contributed by atoms with van der Waals surface area (Å²) in [7, 11) is -2.13. The molecule has 2 aliphatic heterocycles. The van der Waals surface area contributed by atoms with Crippen LogP contribution in [0.15, 0.2) is 55.0 Å². The summed E-state index contributed by atoms with van der Waals surface area (Å²) in [6, 6.07) is 10.3. The third-order valence-corrected chi connectivity index (χ3v) is 8.89. The number of imidazole rings is 1. The number of sulfonamides is 1. The molecule has 42 heavy (non-hydrogen) atoms. The highest BCUT2D eigenvalue weighted by Crippen LogP contribution is 2.41. The smallest absolute Gasteiger partial charge is 0.229 e. The number of nitrogens with one attached hydrogen (secondary N) is 1. The van der Waals surface area contributed by atoms with Gasteiger partial charge in [0.25, 0.3) is 0 Å². The summed E-state index contributed by atoms with van der Waals surface area (Å²) in [5, 5.41) is 3.56. The molecule has 1 saturated heterocycles. The highest BCUT2D eigenvalue weighted by atomic mass is 35.5. The number of halogens is 3. The molecule has 2 unspecified atom stereocenters. The van der Waals surface area contributed by atoms with Crippen LogP contribution in [-0.4, -0.2) is 71.4 Å². The third kappa shape index (κ3) is 5.51. The lowest BCUT2D eigenvalue weighted by Crippen LogP contribution is -2.41. The fourth-order valence-electron chi connectivity index (χ4n) is 5.52. The van der Waals surface area contributed by atoms with Gasteiger partial charge >= 0.3 is 0 Å². The summed E-state index contributed by atoms with van der Waals surface area (Å²) >= 11 is 5.99. The Bertz CT molecular complexity index is 1740. The van der Waals surface area contributed by atoms with E-state index >= 15 is 0 Å². The van der Waals surface area contributed by atoms with Gasteiger partial charge in [-0.05, 0) is 42.7 Å². The molecule has 0 amide bonds. The van der Waals surface area contributed by atoms with Gasteiger partial charge in [0.1, 0.15) is 35.0 Å². The van der Waals surface area contributed by atoms with E-state index in [1.165, 1.54) is 16.4 Å². The molecule has 0 saturated carbocycles. The molecule has 4 aromatic rings. The van der Waals surface area contributed by atoms with Crippen molar-refractivity contribution >= 4 is 39.1 Å². The van der Waals surface area contributed by atoms with Crippen molar-refractivity contribution in [2.24, 2.45) is 0 Å². The Morgan fingerprint density at radius 2 is 1.90 bits per heavy atom. The highest BCUT2D eigenvalue weighted by molar-refractivity contribution is 7.88. The third-order valence-electron chi connectivity index (χ3n) is 7.45. The van der Waals surface area contributed by atoms with Gasteiger partial charge in [-0.2, -0.15) is 9.29 Å². The summed E-state index contributed by atoms with van der Waals surface area (Å²) in [5.41, 5.74) is 3.08. The molecule has 1 N–H and O–H groups in total. The Morgan fingerprint density at radius 1 is 1.12 bits per heavy atom. The molecule has 0 aliphatic carbocycles. The average Bonchev–Trinajstić information content (AvgIpc) is 3.60. The second kappa shape index (κ2) is 11.1. The van der Waals surface area contributed by atoms with Crippen LogP contribution in [0.4, 0.5) is 26.2 Å². The number of methoxy groups -OCH3 is 1. The van der Waals surface area contributed by atoms with E-state index in [-0.39, 0.29) is 19.0 Å². The van der Waals surface area contributed by atoms with Crippen molar-refractivity contribution in [2.75, 3.05) is 43.2 Å². The van der Waals surface area contributed by atoms with Gasteiger partial charge in [-0.15, -0.1) is 0 Å². The lowest BCUT2D eigenvalue weighted by molar-refractivity contribution is 0.339. The Morgan fingerprint density at radius 3 is 2.55 bits per heavy atom. The Balaban J connectivity index is 1.46. The molecule has 0 radical (unpaired) electrons. The Hall–Kier alpha value is -3.81. The van der Waals surface area contributed by atoms with Crippen molar-refractivity contribution in [3.63, 3.8) is 0 Å². The first kappa shape index (κ1) is 28.3. The Labute approximate surface area is 247 Å². The van der Waals surface area contributed by atoms with Crippen LogP contribution < -0.4 is 15.0 Å². The first-order valence-electron chi connectivity index (χ1n) is 13.3. The predicted octanol–water partition coefficient (Wildman–Crippen LogP) is 4.66. The van der Waals surface area contributed by atoms with E-state index in [1.807, 2.05) is 17.0 Å². The first-order chi connectivity index (χ1) is 20.1. The minimum atomic E-state index is -3.68. The minimum Gasteiger partial charge on any atom is -0.494 e. The van der Waals surface area contributed by atoms with Gasteiger partial charge in [0.05, 0.1) is 37.3 Å². The fourth-order valence-corrected chi connectivity index (χ4v) is 6.70. The van der Waals surface area contributed by atoms with Crippen molar-refractivity contribution in [1.82, 2.24) is 23.8 Å². The lowest BCUT2D eigenvalue weighted by Gasteiger charge is -2.36. The monoisotopic (exact) mass is 615 g/mol.